The van der Waals surface area contributed by atoms with Crippen LogP contribution in [0.1, 0.15) is 23.6 Å². The summed E-state index contributed by atoms with van der Waals surface area (Å²) in [5.41, 5.74) is 4.58. The van der Waals surface area contributed by atoms with Crippen molar-refractivity contribution >= 4 is 34.8 Å². The van der Waals surface area contributed by atoms with Crippen LogP contribution in [0.15, 0.2) is 78.9 Å². The standard InChI is InChI=1S/C24H20ClNO/c1-17-15-20-12-6-8-14-23(20)26(17)24(27)21(18-9-3-2-4-10-18)16-19-11-5-7-13-22(19)25/h2-14,16-17H,15H2,1H3/b21-16+/t17-/m1/s1. The largest absolute Gasteiger partial charge is 0.305 e. The van der Waals surface area contributed by atoms with Crippen LogP contribution in [0.3, 0.4) is 0 Å². The number of halogens is 1. The average Bonchev–Trinajstić information content (AvgIpc) is 3.03. The summed E-state index contributed by atoms with van der Waals surface area (Å²) in [6.45, 7) is 2.09. The highest BCUT2D eigenvalue weighted by atomic mass is 35.5. The maximum Gasteiger partial charge on any atom is 0.259 e. The van der Waals surface area contributed by atoms with E-state index >= 15 is 0 Å². The number of para-hydroxylation sites is 1. The number of nitrogens with zero attached hydrogens (tertiary/aromatic N) is 1. The minimum absolute atomic E-state index is 0.00132. The smallest absolute Gasteiger partial charge is 0.259 e. The fraction of sp³-hybridized carbons (Fsp3) is 0.125. The second kappa shape index (κ2) is 7.42. The number of anilines is 1. The second-order valence-corrected chi connectivity index (χ2v) is 7.21. The number of benzene rings is 3. The summed E-state index contributed by atoms with van der Waals surface area (Å²) in [4.78, 5) is 15.6. The van der Waals surface area contributed by atoms with Gasteiger partial charge in [-0.2, -0.15) is 0 Å². The number of hydrogen-bond donors (Lipinski definition) is 0. The van der Waals surface area contributed by atoms with Gasteiger partial charge in [-0.15, -0.1) is 0 Å². The molecular formula is C24H20ClNO. The van der Waals surface area contributed by atoms with E-state index in [2.05, 4.69) is 13.0 Å². The molecule has 0 aromatic heterocycles. The molecule has 1 atom stereocenters. The molecular weight excluding hydrogens is 354 g/mol. The van der Waals surface area contributed by atoms with Gasteiger partial charge in [0.05, 0.1) is 0 Å². The zero-order valence-electron chi connectivity index (χ0n) is 15.1. The number of fused-ring (bicyclic) bond motifs is 1. The molecule has 0 N–H and O–H groups in total. The summed E-state index contributed by atoms with van der Waals surface area (Å²) >= 11 is 6.36. The Morgan fingerprint density at radius 3 is 2.41 bits per heavy atom. The van der Waals surface area contributed by atoms with E-state index in [1.54, 1.807) is 0 Å². The predicted molar refractivity (Wildman–Crippen MR) is 113 cm³/mol. The highest BCUT2D eigenvalue weighted by molar-refractivity contribution is 6.34. The molecule has 3 aromatic rings. The van der Waals surface area contributed by atoms with Crippen molar-refractivity contribution in [3.05, 3.63) is 101 Å². The van der Waals surface area contributed by atoms with Gasteiger partial charge in [-0.1, -0.05) is 78.3 Å². The van der Waals surface area contributed by atoms with Crippen LogP contribution in [0.25, 0.3) is 11.6 Å². The third kappa shape index (κ3) is 3.41. The van der Waals surface area contributed by atoms with Gasteiger partial charge in [-0.05, 0) is 48.2 Å². The SMILES string of the molecule is C[C@@H]1Cc2ccccc2N1C(=O)/C(=C/c1ccccc1Cl)c1ccccc1. The first kappa shape index (κ1) is 17.6. The molecule has 0 fully saturated rings. The van der Waals surface area contributed by atoms with Gasteiger partial charge in [-0.3, -0.25) is 4.79 Å². The summed E-state index contributed by atoms with van der Waals surface area (Å²) in [5.74, 6) is -0.00132. The molecule has 1 aliphatic rings. The summed E-state index contributed by atoms with van der Waals surface area (Å²) in [7, 11) is 0. The maximum atomic E-state index is 13.6. The lowest BCUT2D eigenvalue weighted by Crippen LogP contribution is -2.36. The first-order valence-corrected chi connectivity index (χ1v) is 9.46. The van der Waals surface area contributed by atoms with E-state index in [1.807, 2.05) is 83.8 Å². The molecule has 3 heteroatoms. The van der Waals surface area contributed by atoms with Crippen molar-refractivity contribution in [2.45, 2.75) is 19.4 Å². The number of hydrogen-bond acceptors (Lipinski definition) is 1. The van der Waals surface area contributed by atoms with Gasteiger partial charge in [0.2, 0.25) is 0 Å². The monoisotopic (exact) mass is 373 g/mol. The van der Waals surface area contributed by atoms with Gasteiger partial charge in [0.25, 0.3) is 5.91 Å². The Morgan fingerprint density at radius 2 is 1.63 bits per heavy atom. The Bertz CT molecular complexity index is 1010. The van der Waals surface area contributed by atoms with E-state index in [4.69, 9.17) is 11.6 Å². The topological polar surface area (TPSA) is 20.3 Å². The van der Waals surface area contributed by atoms with Gasteiger partial charge in [-0.25, -0.2) is 0 Å². The van der Waals surface area contributed by atoms with Crippen molar-refractivity contribution in [2.24, 2.45) is 0 Å². The van der Waals surface area contributed by atoms with E-state index in [9.17, 15) is 4.79 Å². The average molecular weight is 374 g/mol. The van der Waals surface area contributed by atoms with Crippen LogP contribution in [0.2, 0.25) is 5.02 Å². The Hall–Kier alpha value is -2.84. The second-order valence-electron chi connectivity index (χ2n) is 6.80. The molecule has 1 heterocycles. The van der Waals surface area contributed by atoms with E-state index in [-0.39, 0.29) is 11.9 Å². The highest BCUT2D eigenvalue weighted by Gasteiger charge is 2.32. The van der Waals surface area contributed by atoms with Gasteiger partial charge in [0.15, 0.2) is 0 Å². The van der Waals surface area contributed by atoms with Crippen molar-refractivity contribution < 1.29 is 4.79 Å². The predicted octanol–water partition coefficient (Wildman–Crippen LogP) is 5.86. The van der Waals surface area contributed by atoms with Gasteiger partial charge < -0.3 is 4.90 Å². The molecule has 134 valence electrons. The molecule has 4 rings (SSSR count). The van der Waals surface area contributed by atoms with Crippen molar-refractivity contribution in [2.75, 3.05) is 4.90 Å². The van der Waals surface area contributed by atoms with Crippen LogP contribution >= 0.6 is 11.6 Å². The first-order valence-electron chi connectivity index (χ1n) is 9.08. The molecule has 0 aliphatic carbocycles. The summed E-state index contributed by atoms with van der Waals surface area (Å²) in [6.07, 6.45) is 2.77. The van der Waals surface area contributed by atoms with E-state index in [0.29, 0.717) is 10.6 Å². The van der Waals surface area contributed by atoms with Gasteiger partial charge in [0.1, 0.15) is 0 Å². The molecule has 0 saturated heterocycles. The Balaban J connectivity index is 1.82. The zero-order chi connectivity index (χ0) is 18.8. The maximum absolute atomic E-state index is 13.6. The number of rotatable bonds is 3. The molecule has 0 unspecified atom stereocenters. The number of amides is 1. The van der Waals surface area contributed by atoms with Crippen LogP contribution in [0.5, 0.6) is 0 Å². The molecule has 2 nitrogen and oxygen atoms in total. The van der Waals surface area contributed by atoms with Crippen molar-refractivity contribution in [3.63, 3.8) is 0 Å². The van der Waals surface area contributed by atoms with Crippen LogP contribution in [-0.2, 0) is 11.2 Å². The lowest BCUT2D eigenvalue weighted by atomic mass is 10.0. The van der Waals surface area contributed by atoms with Crippen molar-refractivity contribution in [1.82, 2.24) is 0 Å². The third-order valence-electron chi connectivity index (χ3n) is 4.95. The van der Waals surface area contributed by atoms with Crippen molar-refractivity contribution in [3.8, 4) is 0 Å². The lowest BCUT2D eigenvalue weighted by Gasteiger charge is -2.24. The van der Waals surface area contributed by atoms with Crippen molar-refractivity contribution in [1.29, 1.82) is 0 Å². The van der Waals surface area contributed by atoms with E-state index in [0.717, 1.165) is 23.2 Å². The van der Waals surface area contributed by atoms with Crippen LogP contribution in [-0.4, -0.2) is 11.9 Å². The molecule has 1 aliphatic heterocycles. The molecule has 27 heavy (non-hydrogen) atoms. The summed E-state index contributed by atoms with van der Waals surface area (Å²) in [5, 5.41) is 0.633. The minimum Gasteiger partial charge on any atom is -0.305 e. The normalized spacial score (nSPS) is 16.3. The fourth-order valence-corrected chi connectivity index (χ4v) is 3.83. The molecule has 0 radical (unpaired) electrons. The summed E-state index contributed by atoms with van der Waals surface area (Å²) in [6, 6.07) is 25.6. The highest BCUT2D eigenvalue weighted by Crippen LogP contribution is 2.35. The minimum atomic E-state index is -0.00132. The number of carbonyl (C=O) groups excluding carboxylic acids is 1. The first-order chi connectivity index (χ1) is 13.1. The van der Waals surface area contributed by atoms with Gasteiger partial charge in [0, 0.05) is 22.3 Å². The molecule has 0 spiro atoms. The van der Waals surface area contributed by atoms with Gasteiger partial charge >= 0.3 is 0 Å². The van der Waals surface area contributed by atoms with Crippen LogP contribution in [0.4, 0.5) is 5.69 Å². The summed E-state index contributed by atoms with van der Waals surface area (Å²) < 4.78 is 0. The number of carbonyl (C=O) groups is 1. The zero-order valence-corrected chi connectivity index (χ0v) is 15.9. The third-order valence-corrected chi connectivity index (χ3v) is 5.29. The molecule has 3 aromatic carbocycles. The van der Waals surface area contributed by atoms with E-state index in [1.165, 1.54) is 5.56 Å². The fourth-order valence-electron chi connectivity index (χ4n) is 3.64. The molecule has 1 amide bonds. The Morgan fingerprint density at radius 1 is 0.963 bits per heavy atom. The van der Waals surface area contributed by atoms with Crippen LogP contribution < -0.4 is 4.90 Å². The Kier molecular flexibility index (Phi) is 4.83. The quantitative estimate of drug-likeness (QED) is 0.416. The lowest BCUT2D eigenvalue weighted by molar-refractivity contribution is -0.113. The van der Waals surface area contributed by atoms with Crippen LogP contribution in [0, 0.1) is 0 Å². The Labute approximate surface area is 164 Å². The molecule has 0 bridgehead atoms. The van der Waals surface area contributed by atoms with E-state index < -0.39 is 0 Å². The molecule has 0 saturated carbocycles.